The van der Waals surface area contributed by atoms with Gasteiger partial charge in [-0.2, -0.15) is 0 Å². The van der Waals surface area contributed by atoms with E-state index in [4.69, 9.17) is 5.73 Å². The molecule has 4 nitrogen and oxygen atoms in total. The maximum Gasteiger partial charge on any atom is 0.258 e. The molecule has 2 aromatic carbocycles. The SMILES string of the molecule is CCN1CCN(C(=O)c2ccc(CN)cc2)c2ccccc21.Cl.Cl. The number of hydrogen-bond donors (Lipinski definition) is 1. The average molecular weight is 368 g/mol. The van der Waals surface area contributed by atoms with Crippen LogP contribution in [0.3, 0.4) is 0 Å². The summed E-state index contributed by atoms with van der Waals surface area (Å²) < 4.78 is 0. The van der Waals surface area contributed by atoms with Gasteiger partial charge in [-0.3, -0.25) is 4.79 Å². The van der Waals surface area contributed by atoms with Crippen LogP contribution in [0.15, 0.2) is 48.5 Å². The Morgan fingerprint density at radius 1 is 1.00 bits per heavy atom. The fraction of sp³-hybridized carbons (Fsp3) is 0.278. The number of amides is 1. The number of rotatable bonds is 3. The third-order valence-corrected chi connectivity index (χ3v) is 4.17. The molecule has 1 amide bonds. The van der Waals surface area contributed by atoms with Crippen LogP contribution in [0.25, 0.3) is 0 Å². The Balaban J connectivity index is 0.00000144. The van der Waals surface area contributed by atoms with E-state index in [1.54, 1.807) is 0 Å². The summed E-state index contributed by atoms with van der Waals surface area (Å²) in [6.07, 6.45) is 0. The summed E-state index contributed by atoms with van der Waals surface area (Å²) in [5.41, 5.74) is 9.47. The van der Waals surface area contributed by atoms with Gasteiger partial charge in [-0.25, -0.2) is 0 Å². The van der Waals surface area contributed by atoms with Gasteiger partial charge in [0.2, 0.25) is 0 Å². The lowest BCUT2D eigenvalue weighted by Gasteiger charge is -2.37. The van der Waals surface area contributed by atoms with Crippen LogP contribution in [0.5, 0.6) is 0 Å². The van der Waals surface area contributed by atoms with Crippen LogP contribution in [-0.2, 0) is 6.54 Å². The fourth-order valence-electron chi connectivity index (χ4n) is 2.90. The van der Waals surface area contributed by atoms with Crippen LogP contribution in [0.4, 0.5) is 11.4 Å². The maximum atomic E-state index is 12.8. The number of anilines is 2. The number of likely N-dealkylation sites (N-methyl/N-ethyl adjacent to an activating group) is 1. The molecule has 130 valence electrons. The first-order valence-corrected chi connectivity index (χ1v) is 7.69. The first-order chi connectivity index (χ1) is 10.7. The predicted molar refractivity (Wildman–Crippen MR) is 105 cm³/mol. The molecule has 6 heteroatoms. The minimum Gasteiger partial charge on any atom is -0.368 e. The van der Waals surface area contributed by atoms with Crippen LogP contribution < -0.4 is 15.5 Å². The first-order valence-electron chi connectivity index (χ1n) is 7.69. The number of benzene rings is 2. The standard InChI is InChI=1S/C18H21N3O.2ClH/c1-2-20-11-12-21(17-6-4-3-5-16(17)20)18(22)15-9-7-14(13-19)8-10-15;;/h3-10H,2,11-13,19H2,1H3;2*1H. The Hall–Kier alpha value is -1.75. The third kappa shape index (κ3) is 3.83. The third-order valence-electron chi connectivity index (χ3n) is 4.17. The Labute approximate surface area is 155 Å². The lowest BCUT2D eigenvalue weighted by molar-refractivity contribution is 0.0986. The molecule has 0 unspecified atom stereocenters. The van der Waals surface area contributed by atoms with E-state index in [0.717, 1.165) is 30.0 Å². The number of nitrogens with zero attached hydrogens (tertiary/aromatic N) is 2. The zero-order valence-corrected chi connectivity index (χ0v) is 15.3. The van der Waals surface area contributed by atoms with Gasteiger partial charge >= 0.3 is 0 Å². The predicted octanol–water partition coefficient (Wildman–Crippen LogP) is 3.48. The van der Waals surface area contributed by atoms with Gasteiger partial charge in [0, 0.05) is 31.7 Å². The van der Waals surface area contributed by atoms with Crippen LogP contribution in [0.1, 0.15) is 22.8 Å². The average Bonchev–Trinajstić information content (AvgIpc) is 2.60. The summed E-state index contributed by atoms with van der Waals surface area (Å²) in [5.74, 6) is 0.0479. The highest BCUT2D eigenvalue weighted by atomic mass is 35.5. The molecule has 0 atom stereocenters. The number of halogens is 2. The van der Waals surface area contributed by atoms with Gasteiger partial charge in [0.05, 0.1) is 11.4 Å². The topological polar surface area (TPSA) is 49.6 Å². The number of carbonyl (C=O) groups is 1. The fourth-order valence-corrected chi connectivity index (χ4v) is 2.90. The Morgan fingerprint density at radius 3 is 2.21 bits per heavy atom. The van der Waals surface area contributed by atoms with Crippen molar-refractivity contribution in [3.05, 3.63) is 59.7 Å². The van der Waals surface area contributed by atoms with Gasteiger partial charge in [0.25, 0.3) is 5.91 Å². The summed E-state index contributed by atoms with van der Waals surface area (Å²) >= 11 is 0. The highest BCUT2D eigenvalue weighted by Crippen LogP contribution is 2.33. The maximum absolute atomic E-state index is 12.8. The van der Waals surface area contributed by atoms with Crippen LogP contribution in [-0.4, -0.2) is 25.5 Å². The number of carbonyl (C=O) groups excluding carboxylic acids is 1. The Morgan fingerprint density at radius 2 is 1.62 bits per heavy atom. The number of para-hydroxylation sites is 2. The normalized spacial score (nSPS) is 12.8. The molecule has 0 saturated carbocycles. The second kappa shape index (κ2) is 8.92. The summed E-state index contributed by atoms with van der Waals surface area (Å²) in [4.78, 5) is 17.0. The molecule has 0 fully saturated rings. The van der Waals surface area contributed by atoms with Gasteiger partial charge in [-0.1, -0.05) is 24.3 Å². The second-order valence-electron chi connectivity index (χ2n) is 5.43. The van der Waals surface area contributed by atoms with Gasteiger partial charge in [-0.05, 0) is 36.8 Å². The van der Waals surface area contributed by atoms with E-state index >= 15 is 0 Å². The van der Waals surface area contributed by atoms with Gasteiger partial charge in [0.15, 0.2) is 0 Å². The highest BCUT2D eigenvalue weighted by molar-refractivity contribution is 6.08. The number of hydrogen-bond acceptors (Lipinski definition) is 3. The van der Waals surface area contributed by atoms with E-state index in [1.165, 1.54) is 0 Å². The van der Waals surface area contributed by atoms with Crippen molar-refractivity contribution in [2.24, 2.45) is 5.73 Å². The molecule has 0 radical (unpaired) electrons. The molecule has 2 N–H and O–H groups in total. The van der Waals surface area contributed by atoms with E-state index in [2.05, 4.69) is 17.9 Å². The molecule has 2 aromatic rings. The molecule has 0 aliphatic carbocycles. The Bertz CT molecular complexity index is 676. The van der Waals surface area contributed by atoms with E-state index in [-0.39, 0.29) is 30.7 Å². The Kier molecular flexibility index (Phi) is 7.55. The zero-order chi connectivity index (χ0) is 15.5. The molecule has 1 aliphatic rings. The minimum atomic E-state index is 0. The summed E-state index contributed by atoms with van der Waals surface area (Å²) in [5, 5.41) is 0. The van der Waals surface area contributed by atoms with Gasteiger partial charge in [-0.15, -0.1) is 24.8 Å². The van der Waals surface area contributed by atoms with Crippen molar-refractivity contribution < 1.29 is 4.79 Å². The van der Waals surface area contributed by atoms with Crippen molar-refractivity contribution in [3.63, 3.8) is 0 Å². The van der Waals surface area contributed by atoms with Gasteiger partial charge < -0.3 is 15.5 Å². The smallest absolute Gasteiger partial charge is 0.258 e. The van der Waals surface area contributed by atoms with E-state index < -0.39 is 0 Å². The van der Waals surface area contributed by atoms with Crippen molar-refractivity contribution in [1.29, 1.82) is 0 Å². The van der Waals surface area contributed by atoms with Crippen LogP contribution in [0.2, 0.25) is 0 Å². The van der Waals surface area contributed by atoms with Crippen molar-refractivity contribution in [1.82, 2.24) is 0 Å². The quantitative estimate of drug-likeness (QED) is 0.903. The summed E-state index contributed by atoms with van der Waals surface area (Å²) in [6.45, 7) is 5.15. The molecule has 1 heterocycles. The molecule has 1 aliphatic heterocycles. The van der Waals surface area contributed by atoms with Crippen molar-refractivity contribution in [2.75, 3.05) is 29.4 Å². The molecule has 0 spiro atoms. The lowest BCUT2D eigenvalue weighted by atomic mass is 10.1. The minimum absolute atomic E-state index is 0. The molecule has 3 rings (SSSR count). The summed E-state index contributed by atoms with van der Waals surface area (Å²) in [7, 11) is 0. The van der Waals surface area contributed by atoms with E-state index in [0.29, 0.717) is 18.7 Å². The molecule has 0 bridgehead atoms. The van der Waals surface area contributed by atoms with Crippen LogP contribution in [0, 0.1) is 0 Å². The van der Waals surface area contributed by atoms with Crippen LogP contribution >= 0.6 is 24.8 Å². The van der Waals surface area contributed by atoms with E-state index in [9.17, 15) is 4.79 Å². The molecular weight excluding hydrogens is 345 g/mol. The zero-order valence-electron chi connectivity index (χ0n) is 13.6. The summed E-state index contributed by atoms with van der Waals surface area (Å²) in [6, 6.07) is 15.7. The van der Waals surface area contributed by atoms with E-state index in [1.807, 2.05) is 47.4 Å². The second-order valence-corrected chi connectivity index (χ2v) is 5.43. The monoisotopic (exact) mass is 367 g/mol. The number of nitrogens with two attached hydrogens (primary N) is 1. The lowest BCUT2D eigenvalue weighted by Crippen LogP contribution is -2.44. The molecule has 0 aromatic heterocycles. The molecular formula is C18H23Cl2N3O. The molecule has 24 heavy (non-hydrogen) atoms. The highest BCUT2D eigenvalue weighted by Gasteiger charge is 2.26. The van der Waals surface area contributed by atoms with Gasteiger partial charge in [0.1, 0.15) is 0 Å². The van der Waals surface area contributed by atoms with Crippen molar-refractivity contribution in [2.45, 2.75) is 13.5 Å². The first kappa shape index (κ1) is 20.3. The van der Waals surface area contributed by atoms with Crippen molar-refractivity contribution in [3.8, 4) is 0 Å². The largest absolute Gasteiger partial charge is 0.368 e. The number of fused-ring (bicyclic) bond motifs is 1. The van der Waals surface area contributed by atoms with Crippen molar-refractivity contribution >= 4 is 42.1 Å². The molecule has 0 saturated heterocycles.